The minimum Gasteiger partial charge on any atom is -0.355 e. The fourth-order valence-electron chi connectivity index (χ4n) is 5.21. The van der Waals surface area contributed by atoms with Crippen LogP contribution in [0.1, 0.15) is 30.5 Å². The van der Waals surface area contributed by atoms with Crippen molar-refractivity contribution in [2.75, 3.05) is 23.3 Å². The first-order valence-corrected chi connectivity index (χ1v) is 11.7. The summed E-state index contributed by atoms with van der Waals surface area (Å²) in [5.41, 5.74) is 5.39. The minimum absolute atomic E-state index is 0.0728. The quantitative estimate of drug-likeness (QED) is 0.518. The number of aryl methyl sites for hydroxylation is 1. The molecule has 7 nitrogen and oxygen atoms in total. The van der Waals surface area contributed by atoms with Gasteiger partial charge in [-0.2, -0.15) is 14.6 Å². The maximum Gasteiger partial charge on any atom is 0.254 e. The van der Waals surface area contributed by atoms with E-state index in [4.69, 9.17) is 4.98 Å². The number of rotatable bonds is 4. The van der Waals surface area contributed by atoms with Crippen molar-refractivity contribution in [2.45, 2.75) is 32.1 Å². The summed E-state index contributed by atoms with van der Waals surface area (Å²) in [6.07, 6.45) is 6.51. The summed E-state index contributed by atoms with van der Waals surface area (Å²) in [7, 11) is 0. The van der Waals surface area contributed by atoms with Gasteiger partial charge in [0.25, 0.3) is 5.78 Å². The molecule has 1 aliphatic heterocycles. The van der Waals surface area contributed by atoms with Gasteiger partial charge in [0, 0.05) is 29.9 Å². The summed E-state index contributed by atoms with van der Waals surface area (Å²) in [6.45, 7) is 1.58. The monoisotopic (exact) mass is 438 g/mol. The van der Waals surface area contributed by atoms with E-state index < -0.39 is 0 Å². The van der Waals surface area contributed by atoms with Crippen molar-refractivity contribution < 1.29 is 4.79 Å². The molecular formula is C26H26N6O. The number of amides is 1. The van der Waals surface area contributed by atoms with Crippen LogP contribution in [0.2, 0.25) is 0 Å². The highest BCUT2D eigenvalue weighted by molar-refractivity contribution is 5.97. The molecule has 2 aromatic carbocycles. The number of hydrogen-bond acceptors (Lipinski definition) is 5. The largest absolute Gasteiger partial charge is 0.355 e. The topological polar surface area (TPSA) is 75.4 Å². The Hall–Kier alpha value is -3.74. The van der Waals surface area contributed by atoms with E-state index in [0.717, 1.165) is 67.0 Å². The Morgan fingerprint density at radius 1 is 1.00 bits per heavy atom. The Balaban J connectivity index is 1.27. The second-order valence-electron chi connectivity index (χ2n) is 8.87. The Labute approximate surface area is 192 Å². The van der Waals surface area contributed by atoms with Crippen LogP contribution in [0, 0.1) is 5.92 Å². The number of anilines is 2. The van der Waals surface area contributed by atoms with E-state index in [-0.39, 0.29) is 11.8 Å². The van der Waals surface area contributed by atoms with Crippen molar-refractivity contribution in [3.63, 3.8) is 0 Å². The molecule has 1 aliphatic carbocycles. The molecule has 6 rings (SSSR count). The first kappa shape index (κ1) is 19.9. The van der Waals surface area contributed by atoms with Crippen LogP contribution < -0.4 is 10.2 Å². The standard InChI is InChI=1S/C26H26N6O/c33-24(29-22-13-5-4-11-20(22)18-8-2-1-3-9-18)19-10-7-15-31(16-19)25-21-12-6-14-23(21)30-26-27-17-28-32(25)26/h1-5,8-9,11,13,17,19H,6-7,10,12,14-16H2,(H,29,33). The number of benzene rings is 2. The Kier molecular flexibility index (Phi) is 5.02. The molecule has 166 valence electrons. The lowest BCUT2D eigenvalue weighted by atomic mass is 9.96. The molecule has 2 aromatic heterocycles. The number of fused-ring (bicyclic) bond motifs is 2. The Morgan fingerprint density at radius 3 is 2.76 bits per heavy atom. The van der Waals surface area contributed by atoms with Crippen LogP contribution in [0.15, 0.2) is 60.9 Å². The van der Waals surface area contributed by atoms with Crippen molar-refractivity contribution in [3.05, 3.63) is 72.2 Å². The third-order valence-corrected chi connectivity index (χ3v) is 6.79. The van der Waals surface area contributed by atoms with Gasteiger partial charge >= 0.3 is 0 Å². The normalized spacial score (nSPS) is 17.8. The Bertz CT molecular complexity index is 1320. The predicted molar refractivity (Wildman–Crippen MR) is 128 cm³/mol. The van der Waals surface area contributed by atoms with Gasteiger partial charge in [-0.1, -0.05) is 48.5 Å². The maximum absolute atomic E-state index is 13.4. The van der Waals surface area contributed by atoms with E-state index in [1.807, 2.05) is 40.9 Å². The number of piperidine rings is 1. The van der Waals surface area contributed by atoms with Gasteiger partial charge in [-0.25, -0.2) is 4.98 Å². The highest BCUT2D eigenvalue weighted by atomic mass is 16.1. The summed E-state index contributed by atoms with van der Waals surface area (Å²) < 4.78 is 1.86. The molecule has 0 bridgehead atoms. The second-order valence-corrected chi connectivity index (χ2v) is 8.87. The summed E-state index contributed by atoms with van der Waals surface area (Å²) in [6, 6.07) is 18.2. The molecule has 1 fully saturated rings. The molecule has 2 aliphatic rings. The van der Waals surface area contributed by atoms with Crippen molar-refractivity contribution >= 4 is 23.2 Å². The van der Waals surface area contributed by atoms with E-state index in [2.05, 4.69) is 38.5 Å². The smallest absolute Gasteiger partial charge is 0.254 e. The van der Waals surface area contributed by atoms with Gasteiger partial charge in [0.1, 0.15) is 12.1 Å². The van der Waals surface area contributed by atoms with Crippen molar-refractivity contribution in [1.29, 1.82) is 0 Å². The van der Waals surface area contributed by atoms with Gasteiger partial charge in [0.15, 0.2) is 0 Å². The van der Waals surface area contributed by atoms with E-state index in [1.165, 1.54) is 5.56 Å². The molecule has 1 N–H and O–H groups in total. The average molecular weight is 439 g/mol. The second kappa shape index (κ2) is 8.31. The zero-order valence-corrected chi connectivity index (χ0v) is 18.4. The number of para-hydroxylation sites is 1. The number of carbonyl (C=O) groups excluding carboxylic acids is 1. The van der Waals surface area contributed by atoms with Crippen LogP contribution in [0.5, 0.6) is 0 Å². The molecule has 1 atom stereocenters. The molecule has 1 amide bonds. The van der Waals surface area contributed by atoms with E-state index >= 15 is 0 Å². The predicted octanol–water partition coefficient (Wildman–Crippen LogP) is 4.14. The molecule has 7 heteroatoms. The summed E-state index contributed by atoms with van der Waals surface area (Å²) in [5, 5.41) is 7.68. The minimum atomic E-state index is -0.0913. The molecule has 1 saturated heterocycles. The summed E-state index contributed by atoms with van der Waals surface area (Å²) in [4.78, 5) is 24.8. The van der Waals surface area contributed by atoms with Crippen LogP contribution in [0.4, 0.5) is 11.5 Å². The van der Waals surface area contributed by atoms with Gasteiger partial charge in [-0.3, -0.25) is 4.79 Å². The fraction of sp³-hybridized carbons (Fsp3) is 0.308. The Morgan fingerprint density at radius 2 is 1.85 bits per heavy atom. The third-order valence-electron chi connectivity index (χ3n) is 6.79. The van der Waals surface area contributed by atoms with Gasteiger partial charge in [0.2, 0.25) is 5.91 Å². The molecule has 3 heterocycles. The van der Waals surface area contributed by atoms with Crippen LogP contribution >= 0.6 is 0 Å². The van der Waals surface area contributed by atoms with Gasteiger partial charge in [0.05, 0.1) is 11.6 Å². The fourth-order valence-corrected chi connectivity index (χ4v) is 5.21. The molecule has 0 spiro atoms. The number of aromatic nitrogens is 4. The highest BCUT2D eigenvalue weighted by Gasteiger charge is 2.31. The van der Waals surface area contributed by atoms with Crippen LogP contribution in [0.25, 0.3) is 16.9 Å². The van der Waals surface area contributed by atoms with Crippen LogP contribution in [0.3, 0.4) is 0 Å². The van der Waals surface area contributed by atoms with Gasteiger partial charge in [-0.15, -0.1) is 0 Å². The maximum atomic E-state index is 13.4. The van der Waals surface area contributed by atoms with E-state index in [0.29, 0.717) is 12.3 Å². The van der Waals surface area contributed by atoms with Crippen molar-refractivity contribution in [1.82, 2.24) is 19.6 Å². The number of hydrogen-bond donors (Lipinski definition) is 1. The molecule has 4 aromatic rings. The average Bonchev–Trinajstić information content (AvgIpc) is 3.52. The highest BCUT2D eigenvalue weighted by Crippen LogP contribution is 2.34. The number of nitrogens with zero attached hydrogens (tertiary/aromatic N) is 5. The summed E-state index contributed by atoms with van der Waals surface area (Å²) in [5.74, 6) is 1.70. The zero-order valence-electron chi connectivity index (χ0n) is 18.4. The third kappa shape index (κ3) is 3.63. The molecular weight excluding hydrogens is 412 g/mol. The van der Waals surface area contributed by atoms with Crippen LogP contribution in [-0.2, 0) is 17.6 Å². The molecule has 1 unspecified atom stereocenters. The zero-order chi connectivity index (χ0) is 22.2. The molecule has 0 saturated carbocycles. The number of nitrogens with one attached hydrogen (secondary N) is 1. The SMILES string of the molecule is O=C(Nc1ccccc1-c1ccccc1)C1CCCN(c2c3c(nc4ncnn24)CCC3)C1. The summed E-state index contributed by atoms with van der Waals surface area (Å²) >= 11 is 0. The lowest BCUT2D eigenvalue weighted by Crippen LogP contribution is -2.42. The van der Waals surface area contributed by atoms with E-state index in [9.17, 15) is 4.79 Å². The van der Waals surface area contributed by atoms with Gasteiger partial charge < -0.3 is 10.2 Å². The number of carbonyl (C=O) groups is 1. The van der Waals surface area contributed by atoms with E-state index in [1.54, 1.807) is 6.33 Å². The lowest BCUT2D eigenvalue weighted by molar-refractivity contribution is -0.120. The van der Waals surface area contributed by atoms with Crippen LogP contribution in [-0.4, -0.2) is 38.6 Å². The molecule has 33 heavy (non-hydrogen) atoms. The van der Waals surface area contributed by atoms with Gasteiger partial charge in [-0.05, 0) is 43.7 Å². The lowest BCUT2D eigenvalue weighted by Gasteiger charge is -2.34. The van der Waals surface area contributed by atoms with Crippen molar-refractivity contribution in [2.24, 2.45) is 5.92 Å². The molecule has 0 radical (unpaired) electrons. The first-order chi connectivity index (χ1) is 16.3. The first-order valence-electron chi connectivity index (χ1n) is 11.7. The van der Waals surface area contributed by atoms with Crippen molar-refractivity contribution in [3.8, 4) is 11.1 Å².